The van der Waals surface area contributed by atoms with Crippen LogP contribution in [0, 0.1) is 0 Å². The Hall–Kier alpha value is -0.120. The first kappa shape index (κ1) is 13.3. The van der Waals surface area contributed by atoms with Crippen LogP contribution in [0.15, 0.2) is 37.9 Å². The lowest BCUT2D eigenvalue weighted by Crippen LogP contribution is -1.84. The Labute approximate surface area is 123 Å². The first-order valence-electron chi connectivity index (χ1n) is 5.75. The lowest BCUT2D eigenvalue weighted by Gasteiger charge is -2.03. The van der Waals surface area contributed by atoms with Crippen molar-refractivity contribution in [1.29, 1.82) is 0 Å². The molecule has 2 rings (SSSR count). The van der Waals surface area contributed by atoms with E-state index in [1.807, 2.05) is 0 Å². The number of benzene rings is 1. The molecule has 0 aliphatic rings. The molecular weight excluding hydrogens is 360 g/mol. The second kappa shape index (κ2) is 6.17. The molecule has 0 fully saturated rings. The van der Waals surface area contributed by atoms with Crippen LogP contribution in [0.3, 0.4) is 0 Å². The molecule has 17 heavy (non-hydrogen) atoms. The number of hydrogen-bond acceptors (Lipinski definition) is 1. The standard InChI is InChI=1S/C14H14Br2S/c1-2-3-4-10-5-7-11(8-6-10)12-9-13(15)17-14(12)16/h5-9H,2-4H2,1H3. The summed E-state index contributed by atoms with van der Waals surface area (Å²) in [5.41, 5.74) is 3.98. The first-order valence-corrected chi connectivity index (χ1v) is 8.15. The summed E-state index contributed by atoms with van der Waals surface area (Å²) in [6.07, 6.45) is 3.71. The van der Waals surface area contributed by atoms with Crippen molar-refractivity contribution in [2.75, 3.05) is 0 Å². The van der Waals surface area contributed by atoms with Crippen molar-refractivity contribution < 1.29 is 0 Å². The molecule has 0 aliphatic carbocycles. The highest BCUT2D eigenvalue weighted by atomic mass is 79.9. The van der Waals surface area contributed by atoms with Crippen LogP contribution < -0.4 is 0 Å². The third kappa shape index (κ3) is 3.43. The van der Waals surface area contributed by atoms with Crippen molar-refractivity contribution >= 4 is 43.2 Å². The van der Waals surface area contributed by atoms with Gasteiger partial charge in [0.1, 0.15) is 0 Å². The van der Waals surface area contributed by atoms with E-state index in [1.165, 1.54) is 39.7 Å². The molecule has 0 aliphatic heterocycles. The van der Waals surface area contributed by atoms with Gasteiger partial charge < -0.3 is 0 Å². The van der Waals surface area contributed by atoms with Crippen molar-refractivity contribution in [2.45, 2.75) is 26.2 Å². The monoisotopic (exact) mass is 372 g/mol. The molecule has 0 saturated heterocycles. The molecule has 90 valence electrons. The van der Waals surface area contributed by atoms with Crippen molar-refractivity contribution in [2.24, 2.45) is 0 Å². The van der Waals surface area contributed by atoms with E-state index < -0.39 is 0 Å². The molecule has 1 aromatic heterocycles. The zero-order valence-electron chi connectivity index (χ0n) is 9.67. The van der Waals surface area contributed by atoms with Gasteiger partial charge in [-0.25, -0.2) is 0 Å². The fraction of sp³-hybridized carbons (Fsp3) is 0.286. The Morgan fingerprint density at radius 2 is 1.82 bits per heavy atom. The van der Waals surface area contributed by atoms with E-state index in [1.54, 1.807) is 11.3 Å². The zero-order valence-corrected chi connectivity index (χ0v) is 13.7. The molecular formula is C14H14Br2S. The minimum Gasteiger partial charge on any atom is -0.121 e. The van der Waals surface area contributed by atoms with Gasteiger partial charge in [0.15, 0.2) is 0 Å². The van der Waals surface area contributed by atoms with Crippen molar-refractivity contribution in [3.63, 3.8) is 0 Å². The maximum atomic E-state index is 3.60. The lowest BCUT2D eigenvalue weighted by molar-refractivity contribution is 0.795. The molecule has 0 atom stereocenters. The molecule has 0 saturated carbocycles. The van der Waals surface area contributed by atoms with E-state index in [2.05, 4.69) is 69.1 Å². The number of rotatable bonds is 4. The van der Waals surface area contributed by atoms with Gasteiger partial charge in [0.25, 0.3) is 0 Å². The Kier molecular flexibility index (Phi) is 4.83. The molecule has 2 aromatic rings. The van der Waals surface area contributed by atoms with Crippen LogP contribution in [0.1, 0.15) is 25.3 Å². The predicted molar refractivity (Wildman–Crippen MR) is 83.8 cm³/mol. The number of unbranched alkanes of at least 4 members (excludes halogenated alkanes) is 1. The Bertz CT molecular complexity index is 485. The molecule has 0 radical (unpaired) electrons. The number of thiophene rings is 1. The molecule has 3 heteroatoms. The van der Waals surface area contributed by atoms with Gasteiger partial charge in [-0.3, -0.25) is 0 Å². The lowest BCUT2D eigenvalue weighted by atomic mass is 10.0. The van der Waals surface area contributed by atoms with Crippen LogP contribution in [0.5, 0.6) is 0 Å². The summed E-state index contributed by atoms with van der Waals surface area (Å²) in [7, 11) is 0. The fourth-order valence-corrected chi connectivity index (χ4v) is 4.64. The summed E-state index contributed by atoms with van der Waals surface area (Å²) in [6, 6.07) is 11.1. The smallest absolute Gasteiger partial charge is 0.0788 e. The third-order valence-corrected chi connectivity index (χ3v) is 5.08. The van der Waals surface area contributed by atoms with Crippen LogP contribution in [-0.2, 0) is 6.42 Å². The van der Waals surface area contributed by atoms with E-state index in [0.717, 1.165) is 3.79 Å². The third-order valence-electron chi connectivity index (χ3n) is 2.74. The van der Waals surface area contributed by atoms with Gasteiger partial charge in [-0.05, 0) is 61.9 Å². The molecule has 0 N–H and O–H groups in total. The van der Waals surface area contributed by atoms with Gasteiger partial charge in [-0.2, -0.15) is 0 Å². The van der Waals surface area contributed by atoms with Crippen LogP contribution in [-0.4, -0.2) is 0 Å². The van der Waals surface area contributed by atoms with E-state index in [-0.39, 0.29) is 0 Å². The van der Waals surface area contributed by atoms with Gasteiger partial charge >= 0.3 is 0 Å². The maximum absolute atomic E-state index is 3.60. The van der Waals surface area contributed by atoms with E-state index >= 15 is 0 Å². The molecule has 1 aromatic carbocycles. The fourth-order valence-electron chi connectivity index (χ4n) is 1.77. The topological polar surface area (TPSA) is 0 Å². The zero-order chi connectivity index (χ0) is 12.3. The van der Waals surface area contributed by atoms with E-state index in [9.17, 15) is 0 Å². The Morgan fingerprint density at radius 3 is 2.35 bits per heavy atom. The first-order chi connectivity index (χ1) is 8.20. The summed E-state index contributed by atoms with van der Waals surface area (Å²) >= 11 is 8.84. The van der Waals surface area contributed by atoms with Crippen LogP contribution in [0.4, 0.5) is 0 Å². The van der Waals surface area contributed by atoms with Gasteiger partial charge in [-0.15, -0.1) is 11.3 Å². The minimum absolute atomic E-state index is 1.16. The highest BCUT2D eigenvalue weighted by Crippen LogP contribution is 2.38. The van der Waals surface area contributed by atoms with Gasteiger partial charge in [0.05, 0.1) is 7.57 Å². The highest BCUT2D eigenvalue weighted by Gasteiger charge is 2.07. The summed E-state index contributed by atoms with van der Waals surface area (Å²) < 4.78 is 2.35. The van der Waals surface area contributed by atoms with Crippen molar-refractivity contribution in [3.8, 4) is 11.1 Å². The van der Waals surface area contributed by atoms with Gasteiger partial charge in [-0.1, -0.05) is 37.6 Å². The summed E-state index contributed by atoms with van der Waals surface area (Å²) in [6.45, 7) is 2.23. The average Bonchev–Trinajstić information content (AvgIpc) is 2.66. The Balaban J connectivity index is 2.20. The van der Waals surface area contributed by atoms with Crippen LogP contribution >= 0.6 is 43.2 Å². The number of aryl methyl sites for hydroxylation is 1. The summed E-state index contributed by atoms with van der Waals surface area (Å²) in [5.74, 6) is 0. The van der Waals surface area contributed by atoms with Crippen molar-refractivity contribution in [1.82, 2.24) is 0 Å². The van der Waals surface area contributed by atoms with Crippen molar-refractivity contribution in [3.05, 3.63) is 43.5 Å². The predicted octanol–water partition coefficient (Wildman–Crippen LogP) is 6.28. The highest BCUT2D eigenvalue weighted by molar-refractivity contribution is 9.12. The molecule has 1 heterocycles. The SMILES string of the molecule is CCCCc1ccc(-c2cc(Br)sc2Br)cc1. The molecule has 0 unspecified atom stereocenters. The normalized spacial score (nSPS) is 10.8. The second-order valence-corrected chi connectivity index (χ2v) is 7.79. The van der Waals surface area contributed by atoms with Crippen LogP contribution in [0.25, 0.3) is 11.1 Å². The van der Waals surface area contributed by atoms with Gasteiger partial charge in [0, 0.05) is 5.56 Å². The van der Waals surface area contributed by atoms with Crippen LogP contribution in [0.2, 0.25) is 0 Å². The summed E-state index contributed by atoms with van der Waals surface area (Å²) in [5, 5.41) is 0. The molecule has 0 bridgehead atoms. The number of halogens is 2. The number of hydrogen-bond donors (Lipinski definition) is 0. The maximum Gasteiger partial charge on any atom is 0.0788 e. The minimum atomic E-state index is 1.16. The van der Waals surface area contributed by atoms with E-state index in [0.29, 0.717) is 0 Å². The average molecular weight is 374 g/mol. The molecule has 0 amide bonds. The molecule has 0 spiro atoms. The Morgan fingerprint density at radius 1 is 1.12 bits per heavy atom. The second-order valence-electron chi connectivity index (χ2n) is 4.04. The quantitative estimate of drug-likeness (QED) is 0.591. The van der Waals surface area contributed by atoms with Gasteiger partial charge in [0.2, 0.25) is 0 Å². The summed E-state index contributed by atoms with van der Waals surface area (Å²) in [4.78, 5) is 0. The largest absolute Gasteiger partial charge is 0.121 e. The molecule has 0 nitrogen and oxygen atoms in total. The van der Waals surface area contributed by atoms with E-state index in [4.69, 9.17) is 0 Å².